The Kier molecular flexibility index (Phi) is 5.25. The Morgan fingerprint density at radius 3 is 2.74 bits per heavy atom. The van der Waals surface area contributed by atoms with E-state index >= 15 is 0 Å². The van der Waals surface area contributed by atoms with Crippen molar-refractivity contribution in [3.05, 3.63) is 16.4 Å². The first-order valence-corrected chi connectivity index (χ1v) is 7.52. The van der Waals surface area contributed by atoms with Crippen molar-refractivity contribution in [3.8, 4) is 0 Å². The molecule has 0 bridgehead atoms. The molecule has 1 N–H and O–H groups in total. The number of nitrogens with zero attached hydrogens (tertiary/aromatic N) is 2. The number of hydrogen-bond acceptors (Lipinski definition) is 3. The maximum absolute atomic E-state index is 6.40. The maximum Gasteiger partial charge on any atom is 0.0847 e. The summed E-state index contributed by atoms with van der Waals surface area (Å²) in [4.78, 5) is 0. The van der Waals surface area contributed by atoms with Gasteiger partial charge in [-0.1, -0.05) is 11.6 Å². The van der Waals surface area contributed by atoms with Crippen LogP contribution < -0.4 is 5.32 Å². The molecule has 1 aliphatic heterocycles. The number of likely N-dealkylation sites (N-methyl/N-ethyl adjacent to an activating group) is 1. The summed E-state index contributed by atoms with van der Waals surface area (Å²) >= 11 is 6.40. The Morgan fingerprint density at radius 1 is 1.47 bits per heavy atom. The second-order valence-electron chi connectivity index (χ2n) is 5.21. The van der Waals surface area contributed by atoms with Crippen molar-refractivity contribution in [2.24, 2.45) is 5.92 Å². The SMILES string of the molecule is CCn1nc(C)c(Cl)c1CC(NC)C1CCOCC1. The van der Waals surface area contributed by atoms with Gasteiger partial charge in [0.1, 0.15) is 0 Å². The number of rotatable bonds is 5. The number of ether oxygens (including phenoxy) is 1. The standard InChI is InChI=1S/C14H24ClN3O/c1-4-18-13(14(15)10(2)17-18)9-12(16-3)11-5-7-19-8-6-11/h11-12,16H,4-9H2,1-3H3. The topological polar surface area (TPSA) is 39.1 Å². The Bertz CT molecular complexity index is 413. The fraction of sp³-hybridized carbons (Fsp3) is 0.786. The molecule has 1 aromatic heterocycles. The molecule has 0 aliphatic carbocycles. The zero-order chi connectivity index (χ0) is 13.8. The largest absolute Gasteiger partial charge is 0.381 e. The van der Waals surface area contributed by atoms with Crippen LogP contribution in [0.15, 0.2) is 0 Å². The van der Waals surface area contributed by atoms with Gasteiger partial charge in [-0.25, -0.2) is 0 Å². The second-order valence-corrected chi connectivity index (χ2v) is 5.59. The highest BCUT2D eigenvalue weighted by molar-refractivity contribution is 6.31. The number of hydrogen-bond donors (Lipinski definition) is 1. The average molecular weight is 286 g/mol. The predicted molar refractivity (Wildman–Crippen MR) is 77.7 cm³/mol. The molecular formula is C14H24ClN3O. The summed E-state index contributed by atoms with van der Waals surface area (Å²) in [7, 11) is 2.04. The third-order valence-electron chi connectivity index (χ3n) is 4.07. The van der Waals surface area contributed by atoms with Crippen LogP contribution in [0.4, 0.5) is 0 Å². The first kappa shape index (κ1) is 14.8. The highest BCUT2D eigenvalue weighted by atomic mass is 35.5. The molecule has 0 radical (unpaired) electrons. The third-order valence-corrected chi connectivity index (χ3v) is 4.56. The highest BCUT2D eigenvalue weighted by Gasteiger charge is 2.25. The maximum atomic E-state index is 6.40. The molecule has 0 aromatic carbocycles. The molecule has 1 unspecified atom stereocenters. The first-order chi connectivity index (χ1) is 9.17. The van der Waals surface area contributed by atoms with Gasteiger partial charge in [0.25, 0.3) is 0 Å². The molecule has 1 aliphatic rings. The molecule has 2 rings (SSSR count). The van der Waals surface area contributed by atoms with Crippen molar-refractivity contribution >= 4 is 11.6 Å². The second kappa shape index (κ2) is 6.73. The number of halogens is 1. The van der Waals surface area contributed by atoms with Crippen molar-refractivity contribution in [2.45, 2.75) is 45.7 Å². The lowest BCUT2D eigenvalue weighted by molar-refractivity contribution is 0.0545. The predicted octanol–water partition coefficient (Wildman–Crippen LogP) is 2.42. The quantitative estimate of drug-likeness (QED) is 0.903. The van der Waals surface area contributed by atoms with Gasteiger partial charge in [0.05, 0.1) is 16.4 Å². The summed E-state index contributed by atoms with van der Waals surface area (Å²) in [6.07, 6.45) is 3.19. The zero-order valence-electron chi connectivity index (χ0n) is 12.1. The molecule has 5 heteroatoms. The van der Waals surface area contributed by atoms with Gasteiger partial charge in [-0.3, -0.25) is 4.68 Å². The van der Waals surface area contributed by atoms with E-state index in [1.165, 1.54) is 0 Å². The Balaban J connectivity index is 2.13. The molecule has 1 aromatic rings. The summed E-state index contributed by atoms with van der Waals surface area (Å²) in [5, 5.41) is 8.77. The lowest BCUT2D eigenvalue weighted by Gasteiger charge is -2.30. The van der Waals surface area contributed by atoms with Gasteiger partial charge in [-0.15, -0.1) is 0 Å². The van der Waals surface area contributed by atoms with E-state index in [4.69, 9.17) is 16.3 Å². The van der Waals surface area contributed by atoms with Crippen LogP contribution >= 0.6 is 11.6 Å². The van der Waals surface area contributed by atoms with Crippen LogP contribution in [0.5, 0.6) is 0 Å². The molecule has 19 heavy (non-hydrogen) atoms. The van der Waals surface area contributed by atoms with Crippen LogP contribution in [0.25, 0.3) is 0 Å². The number of aryl methyl sites for hydroxylation is 2. The van der Waals surface area contributed by atoms with Gasteiger partial charge in [-0.2, -0.15) is 5.10 Å². The fourth-order valence-corrected chi connectivity index (χ4v) is 3.11. The highest BCUT2D eigenvalue weighted by Crippen LogP contribution is 2.26. The minimum Gasteiger partial charge on any atom is -0.381 e. The van der Waals surface area contributed by atoms with E-state index in [-0.39, 0.29) is 0 Å². The third kappa shape index (κ3) is 3.30. The molecule has 0 saturated carbocycles. The fourth-order valence-electron chi connectivity index (χ4n) is 2.89. The lowest BCUT2D eigenvalue weighted by Crippen LogP contribution is -2.39. The molecular weight excluding hydrogens is 262 g/mol. The van der Waals surface area contributed by atoms with E-state index in [1.807, 2.05) is 18.7 Å². The summed E-state index contributed by atoms with van der Waals surface area (Å²) in [5.41, 5.74) is 2.09. The Labute approximate surface area is 120 Å². The van der Waals surface area contributed by atoms with Crippen molar-refractivity contribution in [3.63, 3.8) is 0 Å². The number of aromatic nitrogens is 2. The zero-order valence-corrected chi connectivity index (χ0v) is 12.8. The normalized spacial score (nSPS) is 18.7. The van der Waals surface area contributed by atoms with Crippen LogP contribution in [-0.4, -0.2) is 36.1 Å². The van der Waals surface area contributed by atoms with Gasteiger partial charge in [0.15, 0.2) is 0 Å². The average Bonchev–Trinajstić information content (AvgIpc) is 2.72. The molecule has 0 spiro atoms. The van der Waals surface area contributed by atoms with Crippen LogP contribution in [0, 0.1) is 12.8 Å². The Morgan fingerprint density at radius 2 is 2.16 bits per heavy atom. The van der Waals surface area contributed by atoms with Gasteiger partial charge in [0.2, 0.25) is 0 Å². The van der Waals surface area contributed by atoms with Crippen molar-refractivity contribution in [1.82, 2.24) is 15.1 Å². The van der Waals surface area contributed by atoms with Gasteiger partial charge >= 0.3 is 0 Å². The molecule has 1 saturated heterocycles. The van der Waals surface area contributed by atoms with Crippen LogP contribution in [-0.2, 0) is 17.7 Å². The lowest BCUT2D eigenvalue weighted by atomic mass is 9.89. The summed E-state index contributed by atoms with van der Waals surface area (Å²) in [5.74, 6) is 0.662. The van der Waals surface area contributed by atoms with E-state index in [0.717, 1.165) is 55.4 Å². The summed E-state index contributed by atoms with van der Waals surface area (Å²) < 4.78 is 7.48. The van der Waals surface area contributed by atoms with Gasteiger partial charge in [0, 0.05) is 32.2 Å². The smallest absolute Gasteiger partial charge is 0.0847 e. The molecule has 2 heterocycles. The van der Waals surface area contributed by atoms with Crippen molar-refractivity contribution in [1.29, 1.82) is 0 Å². The molecule has 4 nitrogen and oxygen atoms in total. The molecule has 108 valence electrons. The van der Waals surface area contributed by atoms with Crippen LogP contribution in [0.3, 0.4) is 0 Å². The monoisotopic (exact) mass is 285 g/mol. The van der Waals surface area contributed by atoms with Crippen LogP contribution in [0.1, 0.15) is 31.2 Å². The van der Waals surface area contributed by atoms with E-state index in [9.17, 15) is 0 Å². The van der Waals surface area contributed by atoms with Crippen molar-refractivity contribution < 1.29 is 4.74 Å². The molecule has 0 amide bonds. The molecule has 1 fully saturated rings. The van der Waals surface area contributed by atoms with E-state index in [0.29, 0.717) is 12.0 Å². The number of nitrogens with one attached hydrogen (secondary N) is 1. The minimum atomic E-state index is 0.447. The van der Waals surface area contributed by atoms with E-state index in [1.54, 1.807) is 0 Å². The molecule has 1 atom stereocenters. The van der Waals surface area contributed by atoms with E-state index in [2.05, 4.69) is 17.3 Å². The minimum absolute atomic E-state index is 0.447. The Hall–Kier alpha value is -0.580. The van der Waals surface area contributed by atoms with Gasteiger partial charge < -0.3 is 10.1 Å². The first-order valence-electron chi connectivity index (χ1n) is 7.14. The summed E-state index contributed by atoms with van der Waals surface area (Å²) in [6, 6.07) is 0.447. The van der Waals surface area contributed by atoms with Gasteiger partial charge in [-0.05, 0) is 39.7 Å². The van der Waals surface area contributed by atoms with E-state index < -0.39 is 0 Å². The van der Waals surface area contributed by atoms with Crippen molar-refractivity contribution in [2.75, 3.05) is 20.3 Å². The van der Waals surface area contributed by atoms with Crippen LogP contribution in [0.2, 0.25) is 5.02 Å². The summed E-state index contributed by atoms with van der Waals surface area (Å²) in [6.45, 7) is 6.70.